The van der Waals surface area contributed by atoms with E-state index < -0.39 is 0 Å². The van der Waals surface area contributed by atoms with E-state index in [0.29, 0.717) is 17.6 Å². The largest absolute Gasteiger partial charge is 0.372 e. The van der Waals surface area contributed by atoms with E-state index in [1.54, 1.807) is 0 Å². The summed E-state index contributed by atoms with van der Waals surface area (Å²) in [4.78, 5) is 15.4. The van der Waals surface area contributed by atoms with Gasteiger partial charge in [0, 0.05) is 12.0 Å². The monoisotopic (exact) mass is 248 g/mol. The molecule has 0 atom stereocenters. The lowest BCUT2D eigenvalue weighted by Crippen LogP contribution is -2.18. The number of carbonyl (C=O) groups excluding carboxylic acids is 1. The molecule has 1 amide bonds. The molecule has 1 rings (SSSR count). The number of anilines is 1. The lowest BCUT2D eigenvalue weighted by molar-refractivity contribution is -0.120. The fourth-order valence-electron chi connectivity index (χ4n) is 0.890. The summed E-state index contributed by atoms with van der Waals surface area (Å²) < 4.78 is 5.09. The molecule has 0 radical (unpaired) electrons. The molecule has 84 valence electrons. The topological polar surface area (TPSA) is 51.2 Å². The van der Waals surface area contributed by atoms with E-state index in [4.69, 9.17) is 16.3 Å². The van der Waals surface area contributed by atoms with Crippen molar-refractivity contribution in [3.05, 3.63) is 11.1 Å². The molecule has 0 aliphatic heterocycles. The number of nitrogens with one attached hydrogen (secondary N) is 1. The van der Waals surface area contributed by atoms with Crippen molar-refractivity contribution >= 4 is 34.0 Å². The average Bonchev–Trinajstić information content (AvgIpc) is 2.66. The van der Waals surface area contributed by atoms with Gasteiger partial charge in [0.05, 0.1) is 11.6 Å². The van der Waals surface area contributed by atoms with Crippen LogP contribution in [0.15, 0.2) is 5.38 Å². The summed E-state index contributed by atoms with van der Waals surface area (Å²) in [5.41, 5.74) is 0.770. The Morgan fingerprint density at radius 1 is 1.73 bits per heavy atom. The number of nitrogens with zero attached hydrogens (tertiary/aromatic N) is 1. The first-order valence-corrected chi connectivity index (χ1v) is 6.05. The van der Waals surface area contributed by atoms with Crippen LogP contribution in [0.3, 0.4) is 0 Å². The SMILES string of the molecule is CCCOCC(=O)Nc1nc(CCl)cs1. The van der Waals surface area contributed by atoms with Gasteiger partial charge in [-0.1, -0.05) is 6.92 Å². The third-order valence-corrected chi connectivity index (χ3v) is 2.60. The van der Waals surface area contributed by atoms with Crippen LogP contribution in [-0.4, -0.2) is 24.1 Å². The summed E-state index contributed by atoms with van der Waals surface area (Å²) in [6.07, 6.45) is 0.904. The highest BCUT2D eigenvalue weighted by Crippen LogP contribution is 2.16. The maximum absolute atomic E-state index is 11.3. The van der Waals surface area contributed by atoms with Crippen molar-refractivity contribution in [2.75, 3.05) is 18.5 Å². The van der Waals surface area contributed by atoms with Gasteiger partial charge in [-0.25, -0.2) is 4.98 Å². The van der Waals surface area contributed by atoms with Crippen LogP contribution < -0.4 is 5.32 Å². The van der Waals surface area contributed by atoms with E-state index in [-0.39, 0.29) is 12.5 Å². The lowest BCUT2D eigenvalue weighted by Gasteiger charge is -2.01. The van der Waals surface area contributed by atoms with E-state index in [0.717, 1.165) is 12.1 Å². The number of ether oxygens (including phenoxy) is 1. The molecule has 0 saturated heterocycles. The standard InChI is InChI=1S/C9H13ClN2O2S/c1-2-3-14-5-8(13)12-9-11-7(4-10)6-15-9/h6H,2-5H2,1H3,(H,11,12,13). The van der Waals surface area contributed by atoms with Crippen LogP contribution in [0.1, 0.15) is 19.0 Å². The Balaban J connectivity index is 2.31. The van der Waals surface area contributed by atoms with Gasteiger partial charge in [0.25, 0.3) is 5.91 Å². The highest BCUT2D eigenvalue weighted by Gasteiger charge is 2.05. The van der Waals surface area contributed by atoms with Crippen LogP contribution in [0, 0.1) is 0 Å². The third kappa shape index (κ3) is 4.59. The first-order chi connectivity index (χ1) is 7.26. The summed E-state index contributed by atoms with van der Waals surface area (Å²) in [6, 6.07) is 0. The molecule has 1 N–H and O–H groups in total. The molecule has 6 heteroatoms. The van der Waals surface area contributed by atoms with Crippen molar-refractivity contribution in [2.24, 2.45) is 0 Å². The molecule has 0 aliphatic rings. The quantitative estimate of drug-likeness (QED) is 0.621. The number of thiazole rings is 1. The highest BCUT2D eigenvalue weighted by molar-refractivity contribution is 7.13. The predicted molar refractivity (Wildman–Crippen MR) is 61.4 cm³/mol. The minimum absolute atomic E-state index is 0.0730. The molecule has 15 heavy (non-hydrogen) atoms. The van der Waals surface area contributed by atoms with Gasteiger partial charge in [-0.3, -0.25) is 10.1 Å². The second-order valence-corrected chi connectivity index (χ2v) is 4.00. The molecular formula is C9H13ClN2O2S. The second kappa shape index (κ2) is 6.76. The number of hydrogen-bond acceptors (Lipinski definition) is 4. The van der Waals surface area contributed by atoms with Gasteiger partial charge in [0.15, 0.2) is 5.13 Å². The Morgan fingerprint density at radius 3 is 3.13 bits per heavy atom. The molecule has 1 aromatic rings. The second-order valence-electron chi connectivity index (χ2n) is 2.88. The zero-order valence-corrected chi connectivity index (χ0v) is 10.0. The molecular weight excluding hydrogens is 236 g/mol. The van der Waals surface area contributed by atoms with Crippen molar-refractivity contribution in [1.29, 1.82) is 0 Å². The van der Waals surface area contributed by atoms with Crippen LogP contribution >= 0.6 is 22.9 Å². The van der Waals surface area contributed by atoms with E-state index in [1.807, 2.05) is 12.3 Å². The van der Waals surface area contributed by atoms with Gasteiger partial charge in [0.1, 0.15) is 6.61 Å². The molecule has 1 heterocycles. The zero-order valence-electron chi connectivity index (χ0n) is 8.46. The Labute approximate surface area is 97.6 Å². The zero-order chi connectivity index (χ0) is 11.1. The van der Waals surface area contributed by atoms with E-state index in [1.165, 1.54) is 11.3 Å². The molecule has 0 aromatic carbocycles. The molecule has 0 saturated carbocycles. The van der Waals surface area contributed by atoms with Gasteiger partial charge in [-0.15, -0.1) is 22.9 Å². The Bertz CT molecular complexity index is 317. The molecule has 0 aliphatic carbocycles. The number of carbonyl (C=O) groups is 1. The molecule has 0 unspecified atom stereocenters. The van der Waals surface area contributed by atoms with Gasteiger partial charge in [-0.05, 0) is 6.42 Å². The summed E-state index contributed by atoms with van der Waals surface area (Å²) in [7, 11) is 0. The van der Waals surface area contributed by atoms with Crippen molar-refractivity contribution < 1.29 is 9.53 Å². The first kappa shape index (κ1) is 12.4. The Kier molecular flexibility index (Phi) is 5.60. The minimum atomic E-state index is -0.182. The molecule has 1 aromatic heterocycles. The number of amides is 1. The van der Waals surface area contributed by atoms with Crippen molar-refractivity contribution in [3.63, 3.8) is 0 Å². The van der Waals surface area contributed by atoms with Crippen molar-refractivity contribution in [1.82, 2.24) is 4.98 Å². The molecule has 0 bridgehead atoms. The molecule has 4 nitrogen and oxygen atoms in total. The van der Waals surface area contributed by atoms with Gasteiger partial charge in [0.2, 0.25) is 0 Å². The number of halogens is 1. The summed E-state index contributed by atoms with van der Waals surface area (Å²) >= 11 is 6.94. The van der Waals surface area contributed by atoms with E-state index in [9.17, 15) is 4.79 Å². The van der Waals surface area contributed by atoms with Crippen LogP contribution in [0.5, 0.6) is 0 Å². The maximum Gasteiger partial charge on any atom is 0.252 e. The lowest BCUT2D eigenvalue weighted by atomic mass is 10.5. The fourth-order valence-corrected chi connectivity index (χ4v) is 1.85. The van der Waals surface area contributed by atoms with Gasteiger partial charge >= 0.3 is 0 Å². The summed E-state index contributed by atoms with van der Waals surface area (Å²) in [5.74, 6) is 0.178. The maximum atomic E-state index is 11.3. The minimum Gasteiger partial charge on any atom is -0.372 e. The van der Waals surface area contributed by atoms with Crippen LogP contribution in [0.25, 0.3) is 0 Å². The predicted octanol–water partition coefficient (Wildman–Crippen LogP) is 2.25. The van der Waals surface area contributed by atoms with Crippen molar-refractivity contribution in [2.45, 2.75) is 19.2 Å². The highest BCUT2D eigenvalue weighted by atomic mass is 35.5. The molecule has 0 spiro atoms. The van der Waals surface area contributed by atoms with Gasteiger partial charge in [-0.2, -0.15) is 0 Å². The van der Waals surface area contributed by atoms with Crippen LogP contribution in [-0.2, 0) is 15.4 Å². The fraction of sp³-hybridized carbons (Fsp3) is 0.556. The normalized spacial score (nSPS) is 10.3. The first-order valence-electron chi connectivity index (χ1n) is 4.64. The number of hydrogen-bond donors (Lipinski definition) is 1. The summed E-state index contributed by atoms with van der Waals surface area (Å²) in [5, 5.41) is 5.02. The Hall–Kier alpha value is -0.650. The van der Waals surface area contributed by atoms with E-state index in [2.05, 4.69) is 10.3 Å². The smallest absolute Gasteiger partial charge is 0.252 e. The van der Waals surface area contributed by atoms with Crippen LogP contribution in [0.2, 0.25) is 0 Å². The number of rotatable bonds is 6. The van der Waals surface area contributed by atoms with Crippen LogP contribution in [0.4, 0.5) is 5.13 Å². The number of alkyl halides is 1. The van der Waals surface area contributed by atoms with Crippen molar-refractivity contribution in [3.8, 4) is 0 Å². The van der Waals surface area contributed by atoms with E-state index >= 15 is 0 Å². The Morgan fingerprint density at radius 2 is 2.53 bits per heavy atom. The average molecular weight is 249 g/mol. The third-order valence-electron chi connectivity index (χ3n) is 1.52. The number of aromatic nitrogens is 1. The van der Waals surface area contributed by atoms with Gasteiger partial charge < -0.3 is 4.74 Å². The molecule has 0 fully saturated rings. The summed E-state index contributed by atoms with van der Waals surface area (Å²) in [6.45, 7) is 2.66.